The molecular formula is C9H10N4OS. The highest BCUT2D eigenvalue weighted by Crippen LogP contribution is 2.23. The van der Waals surface area contributed by atoms with Crippen LogP contribution in [0, 0.1) is 6.92 Å². The highest BCUT2D eigenvalue weighted by Gasteiger charge is 2.05. The Bertz CT molecular complexity index is 457. The molecule has 2 N–H and O–H groups in total. The normalized spacial score (nSPS) is 10.5. The van der Waals surface area contributed by atoms with Crippen molar-refractivity contribution in [2.75, 3.05) is 5.73 Å². The minimum Gasteiger partial charge on any atom is -0.381 e. The lowest BCUT2D eigenvalue weighted by molar-refractivity contribution is 0.393. The zero-order valence-corrected chi connectivity index (χ0v) is 8.99. The summed E-state index contributed by atoms with van der Waals surface area (Å²) in [5, 5.41) is 4.60. The molecular weight excluding hydrogens is 212 g/mol. The van der Waals surface area contributed by atoms with Gasteiger partial charge < -0.3 is 10.3 Å². The Morgan fingerprint density at radius 3 is 2.87 bits per heavy atom. The molecule has 0 bridgehead atoms. The number of aromatic nitrogens is 3. The maximum atomic E-state index is 5.65. The van der Waals surface area contributed by atoms with E-state index >= 15 is 0 Å². The van der Waals surface area contributed by atoms with Crippen molar-refractivity contribution in [3.8, 4) is 0 Å². The minimum absolute atomic E-state index is 0.447. The molecule has 0 aliphatic rings. The largest absolute Gasteiger partial charge is 0.381 e. The number of hydrogen-bond donors (Lipinski definition) is 1. The summed E-state index contributed by atoms with van der Waals surface area (Å²) in [7, 11) is 0. The van der Waals surface area contributed by atoms with Gasteiger partial charge >= 0.3 is 0 Å². The maximum absolute atomic E-state index is 5.65. The van der Waals surface area contributed by atoms with Gasteiger partial charge in [-0.15, -0.1) is 0 Å². The van der Waals surface area contributed by atoms with Gasteiger partial charge in [0.05, 0.1) is 5.69 Å². The van der Waals surface area contributed by atoms with E-state index in [9.17, 15) is 0 Å². The van der Waals surface area contributed by atoms with Gasteiger partial charge in [-0.25, -0.2) is 9.97 Å². The molecule has 5 nitrogen and oxygen atoms in total. The monoisotopic (exact) mass is 222 g/mol. The van der Waals surface area contributed by atoms with Crippen molar-refractivity contribution in [2.45, 2.75) is 17.7 Å². The van der Waals surface area contributed by atoms with E-state index in [1.54, 1.807) is 12.4 Å². The third-order valence-electron chi connectivity index (χ3n) is 1.72. The zero-order chi connectivity index (χ0) is 10.7. The molecule has 0 spiro atoms. The van der Waals surface area contributed by atoms with Gasteiger partial charge in [0, 0.05) is 24.2 Å². The highest BCUT2D eigenvalue weighted by molar-refractivity contribution is 7.98. The molecule has 0 saturated heterocycles. The van der Waals surface area contributed by atoms with Crippen LogP contribution in [0.15, 0.2) is 28.0 Å². The van der Waals surface area contributed by atoms with E-state index in [2.05, 4.69) is 15.1 Å². The lowest BCUT2D eigenvalue weighted by atomic mass is 10.4. The topological polar surface area (TPSA) is 77.8 Å². The smallest absolute Gasteiger partial charge is 0.156 e. The van der Waals surface area contributed by atoms with Crippen LogP contribution in [0.5, 0.6) is 0 Å². The van der Waals surface area contributed by atoms with E-state index in [1.807, 2.05) is 13.0 Å². The number of anilines is 1. The van der Waals surface area contributed by atoms with E-state index in [4.69, 9.17) is 10.3 Å². The predicted molar refractivity (Wildman–Crippen MR) is 57.2 cm³/mol. The molecule has 0 atom stereocenters. The lowest BCUT2D eigenvalue weighted by Crippen LogP contribution is -1.94. The SMILES string of the molecule is Cc1cc(CSc2nccnc2N)no1. The predicted octanol–water partition coefficient (Wildman–Crippen LogP) is 1.65. The summed E-state index contributed by atoms with van der Waals surface area (Å²) in [6.07, 6.45) is 3.19. The van der Waals surface area contributed by atoms with Gasteiger partial charge in [-0.05, 0) is 6.92 Å². The Morgan fingerprint density at radius 2 is 2.20 bits per heavy atom. The number of thioether (sulfide) groups is 1. The number of nitrogens with zero attached hydrogens (tertiary/aromatic N) is 3. The summed E-state index contributed by atoms with van der Waals surface area (Å²) in [5.74, 6) is 1.93. The molecule has 0 radical (unpaired) electrons. The molecule has 78 valence electrons. The molecule has 2 aromatic heterocycles. The number of nitrogen functional groups attached to an aromatic ring is 1. The summed E-state index contributed by atoms with van der Waals surface area (Å²) < 4.78 is 4.95. The van der Waals surface area contributed by atoms with Crippen molar-refractivity contribution in [3.05, 3.63) is 29.9 Å². The summed E-state index contributed by atoms with van der Waals surface area (Å²) in [5.41, 5.74) is 6.53. The van der Waals surface area contributed by atoms with Gasteiger partial charge in [-0.1, -0.05) is 16.9 Å². The van der Waals surface area contributed by atoms with Gasteiger partial charge in [0.1, 0.15) is 10.8 Å². The fourth-order valence-electron chi connectivity index (χ4n) is 1.08. The van der Waals surface area contributed by atoms with Crippen LogP contribution in [0.1, 0.15) is 11.5 Å². The van der Waals surface area contributed by atoms with Crippen LogP contribution in [0.2, 0.25) is 0 Å². The highest BCUT2D eigenvalue weighted by atomic mass is 32.2. The summed E-state index contributed by atoms with van der Waals surface area (Å²) in [6, 6.07) is 1.89. The van der Waals surface area contributed by atoms with Crippen LogP contribution in [-0.2, 0) is 5.75 Å². The van der Waals surface area contributed by atoms with Crippen molar-refractivity contribution in [2.24, 2.45) is 0 Å². The first-order valence-corrected chi connectivity index (χ1v) is 5.36. The first kappa shape index (κ1) is 9.97. The van der Waals surface area contributed by atoms with Crippen LogP contribution in [-0.4, -0.2) is 15.1 Å². The number of rotatable bonds is 3. The fraction of sp³-hybridized carbons (Fsp3) is 0.222. The molecule has 0 aliphatic carbocycles. The van der Waals surface area contributed by atoms with E-state index in [0.717, 1.165) is 16.5 Å². The third kappa shape index (κ3) is 2.47. The molecule has 0 unspecified atom stereocenters. The number of aryl methyl sites for hydroxylation is 1. The van der Waals surface area contributed by atoms with Crippen molar-refractivity contribution >= 4 is 17.6 Å². The van der Waals surface area contributed by atoms with Crippen LogP contribution in [0.3, 0.4) is 0 Å². The van der Waals surface area contributed by atoms with Crippen molar-refractivity contribution in [1.82, 2.24) is 15.1 Å². The van der Waals surface area contributed by atoms with Crippen LogP contribution in [0.4, 0.5) is 5.82 Å². The van der Waals surface area contributed by atoms with Crippen LogP contribution < -0.4 is 5.73 Å². The molecule has 15 heavy (non-hydrogen) atoms. The van der Waals surface area contributed by atoms with E-state index in [1.165, 1.54) is 11.8 Å². The standard InChI is InChI=1S/C9H10N4OS/c1-6-4-7(13-14-6)5-15-9-8(10)11-2-3-12-9/h2-4H,5H2,1H3,(H2,10,11). The third-order valence-corrected chi connectivity index (χ3v) is 2.75. The molecule has 0 amide bonds. The second-order valence-electron chi connectivity index (χ2n) is 2.96. The lowest BCUT2D eigenvalue weighted by Gasteiger charge is -1.99. The molecule has 2 rings (SSSR count). The minimum atomic E-state index is 0.447. The van der Waals surface area contributed by atoms with Crippen LogP contribution in [0.25, 0.3) is 0 Å². The Kier molecular flexibility index (Phi) is 2.86. The Morgan fingerprint density at radius 1 is 1.40 bits per heavy atom. The fourth-order valence-corrected chi connectivity index (χ4v) is 1.83. The average molecular weight is 222 g/mol. The Hall–Kier alpha value is -1.56. The van der Waals surface area contributed by atoms with Gasteiger partial charge in [-0.3, -0.25) is 0 Å². The van der Waals surface area contributed by atoms with Crippen LogP contribution >= 0.6 is 11.8 Å². The zero-order valence-electron chi connectivity index (χ0n) is 8.17. The summed E-state index contributed by atoms with van der Waals surface area (Å²) in [4.78, 5) is 8.06. The summed E-state index contributed by atoms with van der Waals surface area (Å²) in [6.45, 7) is 1.86. The molecule has 0 fully saturated rings. The number of hydrogen-bond acceptors (Lipinski definition) is 6. The average Bonchev–Trinajstić information content (AvgIpc) is 2.63. The molecule has 0 aliphatic heterocycles. The quantitative estimate of drug-likeness (QED) is 0.795. The first-order chi connectivity index (χ1) is 7.25. The second kappa shape index (κ2) is 4.31. The van der Waals surface area contributed by atoms with Gasteiger partial charge in [0.2, 0.25) is 0 Å². The maximum Gasteiger partial charge on any atom is 0.156 e. The molecule has 2 aromatic rings. The summed E-state index contributed by atoms with van der Waals surface area (Å²) >= 11 is 1.49. The number of nitrogens with two attached hydrogens (primary N) is 1. The van der Waals surface area contributed by atoms with Gasteiger partial charge in [0.25, 0.3) is 0 Å². The molecule has 6 heteroatoms. The second-order valence-corrected chi connectivity index (χ2v) is 3.93. The first-order valence-electron chi connectivity index (χ1n) is 4.37. The van der Waals surface area contributed by atoms with Crippen molar-refractivity contribution < 1.29 is 4.52 Å². The van der Waals surface area contributed by atoms with E-state index in [0.29, 0.717) is 11.6 Å². The molecule has 0 saturated carbocycles. The Labute approximate surface area is 91.1 Å². The molecule has 2 heterocycles. The van der Waals surface area contributed by atoms with Gasteiger partial charge in [-0.2, -0.15) is 0 Å². The van der Waals surface area contributed by atoms with E-state index < -0.39 is 0 Å². The van der Waals surface area contributed by atoms with Gasteiger partial charge in [0.15, 0.2) is 5.82 Å². The molecule has 0 aromatic carbocycles. The van der Waals surface area contributed by atoms with Crippen molar-refractivity contribution in [3.63, 3.8) is 0 Å². The van der Waals surface area contributed by atoms with Crippen molar-refractivity contribution in [1.29, 1.82) is 0 Å². The Balaban J connectivity index is 2.02. The van der Waals surface area contributed by atoms with E-state index in [-0.39, 0.29) is 0 Å².